The third-order valence-corrected chi connectivity index (χ3v) is 4.46. The summed E-state index contributed by atoms with van der Waals surface area (Å²) in [5.41, 5.74) is 0.198. The summed E-state index contributed by atoms with van der Waals surface area (Å²) in [7, 11) is 0. The first-order valence-electron chi connectivity index (χ1n) is 9.32. The third-order valence-electron chi connectivity index (χ3n) is 4.46. The molecule has 0 radical (unpaired) electrons. The lowest BCUT2D eigenvalue weighted by molar-refractivity contribution is 0.114. The van der Waals surface area contributed by atoms with Gasteiger partial charge in [0.05, 0.1) is 6.61 Å². The zero-order valence-electron chi connectivity index (χ0n) is 15.4. The molecule has 0 aromatic heterocycles. The lowest BCUT2D eigenvalue weighted by atomic mass is 9.72. The van der Waals surface area contributed by atoms with E-state index in [-0.39, 0.29) is 12.0 Å². The molecule has 0 aromatic rings. The molecule has 0 bridgehead atoms. The van der Waals surface area contributed by atoms with Gasteiger partial charge in [-0.3, -0.25) is 4.99 Å². The average molecular weight is 328 g/mol. The van der Waals surface area contributed by atoms with Crippen LogP contribution in [-0.4, -0.2) is 50.5 Å². The highest BCUT2D eigenvalue weighted by Crippen LogP contribution is 2.39. The average Bonchev–Trinajstić information content (AvgIpc) is 2.53. The number of aliphatic hydroxyl groups excluding tert-OH is 1. The van der Waals surface area contributed by atoms with Crippen LogP contribution in [0, 0.1) is 11.3 Å². The number of guanidine groups is 1. The van der Waals surface area contributed by atoms with E-state index in [4.69, 9.17) is 9.73 Å². The van der Waals surface area contributed by atoms with E-state index in [1.807, 2.05) is 0 Å². The van der Waals surface area contributed by atoms with Gasteiger partial charge in [-0.25, -0.2) is 0 Å². The Morgan fingerprint density at radius 2 is 1.96 bits per heavy atom. The summed E-state index contributed by atoms with van der Waals surface area (Å²) >= 11 is 0. The first-order chi connectivity index (χ1) is 11.1. The largest absolute Gasteiger partial charge is 0.396 e. The van der Waals surface area contributed by atoms with Crippen molar-refractivity contribution < 1.29 is 9.84 Å². The summed E-state index contributed by atoms with van der Waals surface area (Å²) < 4.78 is 5.60. The molecule has 1 fully saturated rings. The smallest absolute Gasteiger partial charge is 0.191 e. The summed E-state index contributed by atoms with van der Waals surface area (Å²) in [6, 6.07) is 0. The molecule has 1 rings (SSSR count). The molecular formula is C18H37N3O2. The highest BCUT2D eigenvalue weighted by molar-refractivity contribution is 5.79. The standard InChI is InChI=1S/C18H37N3O2/c1-4-19-17(20-11-13-23-14-16(2)3)21-15-18(10-12-22)8-6-5-7-9-18/h16,22H,4-15H2,1-3H3,(H2,19,20,21). The molecule has 0 heterocycles. The van der Waals surface area contributed by atoms with Crippen molar-refractivity contribution in [3.05, 3.63) is 0 Å². The first kappa shape index (κ1) is 20.2. The van der Waals surface area contributed by atoms with Gasteiger partial charge in [0.1, 0.15) is 0 Å². The summed E-state index contributed by atoms with van der Waals surface area (Å²) in [6.45, 7) is 10.6. The van der Waals surface area contributed by atoms with Crippen LogP contribution >= 0.6 is 0 Å². The fourth-order valence-electron chi connectivity index (χ4n) is 3.18. The van der Waals surface area contributed by atoms with Gasteiger partial charge < -0.3 is 20.5 Å². The van der Waals surface area contributed by atoms with E-state index in [9.17, 15) is 5.11 Å². The molecule has 1 aliphatic carbocycles. The maximum atomic E-state index is 9.40. The van der Waals surface area contributed by atoms with Gasteiger partial charge in [0.25, 0.3) is 0 Å². The van der Waals surface area contributed by atoms with E-state index in [2.05, 4.69) is 31.4 Å². The van der Waals surface area contributed by atoms with Crippen LogP contribution in [0.5, 0.6) is 0 Å². The Hall–Kier alpha value is -0.810. The molecule has 0 aliphatic heterocycles. The monoisotopic (exact) mass is 327 g/mol. The summed E-state index contributed by atoms with van der Waals surface area (Å²) in [6.07, 6.45) is 7.10. The molecule has 5 heteroatoms. The van der Waals surface area contributed by atoms with E-state index in [0.29, 0.717) is 12.5 Å². The number of hydrogen-bond donors (Lipinski definition) is 3. The normalized spacial score (nSPS) is 18.2. The van der Waals surface area contributed by atoms with E-state index < -0.39 is 0 Å². The highest BCUT2D eigenvalue weighted by atomic mass is 16.5. The number of aliphatic hydroxyl groups is 1. The molecule has 0 saturated heterocycles. The Morgan fingerprint density at radius 1 is 1.22 bits per heavy atom. The van der Waals surface area contributed by atoms with Crippen molar-refractivity contribution in [3.8, 4) is 0 Å². The SMILES string of the molecule is CCNC(=NCC1(CCO)CCCCC1)NCCOCC(C)C. The molecule has 23 heavy (non-hydrogen) atoms. The molecule has 0 amide bonds. The van der Waals surface area contributed by atoms with Crippen LogP contribution in [0.25, 0.3) is 0 Å². The van der Waals surface area contributed by atoms with Crippen molar-refractivity contribution in [2.75, 3.05) is 39.5 Å². The maximum Gasteiger partial charge on any atom is 0.191 e. The zero-order chi connectivity index (χ0) is 17.0. The van der Waals surface area contributed by atoms with Crippen LogP contribution in [0.15, 0.2) is 4.99 Å². The molecule has 5 nitrogen and oxygen atoms in total. The predicted octanol–water partition coefficient (Wildman–Crippen LogP) is 2.55. The molecular weight excluding hydrogens is 290 g/mol. The predicted molar refractivity (Wildman–Crippen MR) is 96.9 cm³/mol. The fourth-order valence-corrected chi connectivity index (χ4v) is 3.18. The number of aliphatic imine (C=N–C) groups is 1. The van der Waals surface area contributed by atoms with Crippen molar-refractivity contribution in [3.63, 3.8) is 0 Å². The molecule has 1 aliphatic rings. The van der Waals surface area contributed by atoms with E-state index in [1.54, 1.807) is 0 Å². The van der Waals surface area contributed by atoms with Gasteiger partial charge >= 0.3 is 0 Å². The Bertz CT molecular complexity index is 321. The second-order valence-electron chi connectivity index (χ2n) is 7.12. The van der Waals surface area contributed by atoms with E-state index >= 15 is 0 Å². The summed E-state index contributed by atoms with van der Waals surface area (Å²) in [5, 5.41) is 16.0. The van der Waals surface area contributed by atoms with Gasteiger partial charge in [0, 0.05) is 32.8 Å². The molecule has 1 saturated carbocycles. The van der Waals surface area contributed by atoms with Gasteiger partial charge in [-0.1, -0.05) is 33.1 Å². The fraction of sp³-hybridized carbons (Fsp3) is 0.944. The van der Waals surface area contributed by atoms with Crippen LogP contribution in [0.3, 0.4) is 0 Å². The van der Waals surface area contributed by atoms with Crippen LogP contribution in [-0.2, 0) is 4.74 Å². The van der Waals surface area contributed by atoms with Crippen LogP contribution in [0.1, 0.15) is 59.3 Å². The minimum Gasteiger partial charge on any atom is -0.396 e. The minimum atomic E-state index is 0.198. The van der Waals surface area contributed by atoms with Gasteiger partial charge in [0.15, 0.2) is 5.96 Å². The number of nitrogens with zero attached hydrogens (tertiary/aromatic N) is 1. The van der Waals surface area contributed by atoms with E-state index in [0.717, 1.165) is 38.6 Å². The highest BCUT2D eigenvalue weighted by Gasteiger charge is 2.31. The summed E-state index contributed by atoms with van der Waals surface area (Å²) in [4.78, 5) is 4.79. The Labute approximate surface area is 142 Å². The van der Waals surface area contributed by atoms with E-state index in [1.165, 1.54) is 32.1 Å². The third kappa shape index (κ3) is 8.56. The number of nitrogens with one attached hydrogen (secondary N) is 2. The number of ether oxygens (including phenoxy) is 1. The first-order valence-corrected chi connectivity index (χ1v) is 9.32. The van der Waals surface area contributed by atoms with Gasteiger partial charge in [-0.15, -0.1) is 0 Å². The Morgan fingerprint density at radius 3 is 2.57 bits per heavy atom. The second kappa shape index (κ2) is 11.7. The van der Waals surface area contributed by atoms with Crippen molar-refractivity contribution >= 4 is 5.96 Å². The number of hydrogen-bond acceptors (Lipinski definition) is 3. The Balaban J connectivity index is 2.45. The van der Waals surface area contributed by atoms with Crippen LogP contribution in [0.4, 0.5) is 0 Å². The van der Waals surface area contributed by atoms with Crippen molar-refractivity contribution in [1.29, 1.82) is 0 Å². The van der Waals surface area contributed by atoms with Gasteiger partial charge in [0.2, 0.25) is 0 Å². The quantitative estimate of drug-likeness (QED) is 0.328. The zero-order valence-corrected chi connectivity index (χ0v) is 15.4. The van der Waals surface area contributed by atoms with Crippen LogP contribution < -0.4 is 10.6 Å². The maximum absolute atomic E-state index is 9.40. The lowest BCUT2D eigenvalue weighted by Gasteiger charge is -2.35. The second-order valence-corrected chi connectivity index (χ2v) is 7.12. The van der Waals surface area contributed by atoms with Crippen molar-refractivity contribution in [2.24, 2.45) is 16.3 Å². The van der Waals surface area contributed by atoms with Crippen molar-refractivity contribution in [1.82, 2.24) is 10.6 Å². The Kier molecular flexibility index (Phi) is 10.3. The van der Waals surface area contributed by atoms with Crippen molar-refractivity contribution in [2.45, 2.75) is 59.3 Å². The lowest BCUT2D eigenvalue weighted by Crippen LogP contribution is -2.40. The topological polar surface area (TPSA) is 65.9 Å². The number of rotatable bonds is 10. The van der Waals surface area contributed by atoms with Gasteiger partial charge in [-0.05, 0) is 37.5 Å². The molecule has 0 atom stereocenters. The molecule has 3 N–H and O–H groups in total. The minimum absolute atomic E-state index is 0.198. The molecule has 136 valence electrons. The summed E-state index contributed by atoms with van der Waals surface area (Å²) in [5.74, 6) is 1.44. The molecule has 0 aromatic carbocycles. The molecule has 0 spiro atoms. The van der Waals surface area contributed by atoms with Gasteiger partial charge in [-0.2, -0.15) is 0 Å². The molecule has 0 unspecified atom stereocenters. The van der Waals surface area contributed by atoms with Crippen LogP contribution in [0.2, 0.25) is 0 Å².